The first-order valence-corrected chi connectivity index (χ1v) is 6.56. The zero-order chi connectivity index (χ0) is 14.3. The largest absolute Gasteiger partial charge is 0.350 e. The van der Waals surface area contributed by atoms with Crippen LogP contribution < -0.4 is 0 Å². The van der Waals surface area contributed by atoms with Gasteiger partial charge >= 0.3 is 6.03 Å². The highest BCUT2D eigenvalue weighted by atomic mass is 16.2. The maximum absolute atomic E-state index is 12.1. The molecule has 2 amide bonds. The number of carbonyl (C=O) groups excluding carboxylic acids is 1. The zero-order valence-electron chi connectivity index (χ0n) is 11.6. The molecule has 1 aliphatic rings. The first-order valence-electron chi connectivity index (χ1n) is 6.56. The van der Waals surface area contributed by atoms with Gasteiger partial charge in [0.25, 0.3) is 0 Å². The molecule has 1 fully saturated rings. The Morgan fingerprint density at radius 3 is 2.85 bits per heavy atom. The van der Waals surface area contributed by atoms with Crippen LogP contribution in [0.25, 0.3) is 10.9 Å². The van der Waals surface area contributed by atoms with Crippen LogP contribution >= 0.6 is 0 Å². The standard InChI is InChI=1S/C15H16N4O/c1-17-9-12(11-5-3-4-6-13(11)17)14-10-19(8-7-16)15(20)18(14)2/h3-6,9,14H,8,10H2,1-2H3. The Kier molecular flexibility index (Phi) is 2.87. The van der Waals surface area contributed by atoms with E-state index in [1.807, 2.05) is 25.2 Å². The number of amides is 2. The quantitative estimate of drug-likeness (QED) is 0.783. The van der Waals surface area contributed by atoms with Gasteiger partial charge in [-0.25, -0.2) is 4.79 Å². The number of fused-ring (bicyclic) bond motifs is 1. The molecule has 0 bridgehead atoms. The number of hydrogen-bond donors (Lipinski definition) is 0. The normalized spacial score (nSPS) is 18.9. The lowest BCUT2D eigenvalue weighted by Crippen LogP contribution is -2.29. The number of para-hydroxylation sites is 1. The molecule has 0 radical (unpaired) electrons. The average Bonchev–Trinajstić information content (AvgIpc) is 2.92. The van der Waals surface area contributed by atoms with Crippen molar-refractivity contribution in [2.45, 2.75) is 6.04 Å². The molecule has 5 nitrogen and oxygen atoms in total. The van der Waals surface area contributed by atoms with E-state index in [0.717, 1.165) is 11.1 Å². The number of carbonyl (C=O) groups is 1. The summed E-state index contributed by atoms with van der Waals surface area (Å²) in [5.41, 5.74) is 2.29. The SMILES string of the molecule is CN1C(=O)N(CC#N)CC1c1cn(C)c2ccccc12. The third-order valence-corrected chi connectivity index (χ3v) is 3.98. The Bertz CT molecular complexity index is 712. The summed E-state index contributed by atoms with van der Waals surface area (Å²) in [4.78, 5) is 15.4. The van der Waals surface area contributed by atoms with Crippen molar-refractivity contribution >= 4 is 16.9 Å². The van der Waals surface area contributed by atoms with E-state index < -0.39 is 0 Å². The van der Waals surface area contributed by atoms with Crippen LogP contribution in [0.4, 0.5) is 4.79 Å². The van der Waals surface area contributed by atoms with Crippen molar-refractivity contribution in [3.05, 3.63) is 36.0 Å². The smallest absolute Gasteiger partial charge is 0.321 e. The van der Waals surface area contributed by atoms with Gasteiger partial charge in [0, 0.05) is 43.3 Å². The van der Waals surface area contributed by atoms with Gasteiger partial charge in [0.2, 0.25) is 0 Å². The molecular weight excluding hydrogens is 252 g/mol. The molecule has 1 aromatic heterocycles. The third-order valence-electron chi connectivity index (χ3n) is 3.98. The Labute approximate surface area is 117 Å². The Morgan fingerprint density at radius 1 is 1.35 bits per heavy atom. The van der Waals surface area contributed by atoms with Crippen LogP contribution in [-0.2, 0) is 7.05 Å². The second kappa shape index (κ2) is 4.57. The maximum atomic E-state index is 12.1. The van der Waals surface area contributed by atoms with Gasteiger partial charge in [0.05, 0.1) is 12.1 Å². The minimum absolute atomic E-state index is 0.00181. The van der Waals surface area contributed by atoms with Crippen LogP contribution in [0, 0.1) is 11.3 Å². The molecule has 1 aliphatic heterocycles. The molecule has 2 aromatic rings. The van der Waals surface area contributed by atoms with Crippen LogP contribution in [0.5, 0.6) is 0 Å². The third kappa shape index (κ3) is 1.73. The highest BCUT2D eigenvalue weighted by molar-refractivity contribution is 5.86. The fourth-order valence-corrected chi connectivity index (χ4v) is 2.93. The molecule has 1 aromatic carbocycles. The van der Waals surface area contributed by atoms with Crippen molar-refractivity contribution in [2.24, 2.45) is 7.05 Å². The Balaban J connectivity index is 2.04. The molecule has 1 unspecified atom stereocenters. The summed E-state index contributed by atoms with van der Waals surface area (Å²) < 4.78 is 2.08. The maximum Gasteiger partial charge on any atom is 0.321 e. The number of aromatic nitrogens is 1. The number of urea groups is 1. The molecule has 0 aliphatic carbocycles. The summed E-state index contributed by atoms with van der Waals surface area (Å²) >= 11 is 0. The van der Waals surface area contributed by atoms with E-state index in [-0.39, 0.29) is 18.6 Å². The van der Waals surface area contributed by atoms with Crippen molar-refractivity contribution in [3.8, 4) is 6.07 Å². The number of likely N-dealkylation sites (N-methyl/N-ethyl adjacent to an activating group) is 1. The van der Waals surface area contributed by atoms with E-state index in [0.29, 0.717) is 6.54 Å². The van der Waals surface area contributed by atoms with Crippen molar-refractivity contribution in [1.29, 1.82) is 5.26 Å². The summed E-state index contributed by atoms with van der Waals surface area (Å²) in [6.45, 7) is 0.710. The molecule has 5 heteroatoms. The molecule has 2 heterocycles. The minimum atomic E-state index is -0.0792. The van der Waals surface area contributed by atoms with Gasteiger partial charge in [-0.3, -0.25) is 0 Å². The van der Waals surface area contributed by atoms with Crippen LogP contribution in [0.2, 0.25) is 0 Å². The predicted octanol–water partition coefficient (Wildman–Crippen LogP) is 2.11. The molecule has 3 rings (SSSR count). The molecule has 0 spiro atoms. The lowest BCUT2D eigenvalue weighted by Gasteiger charge is -2.17. The van der Waals surface area contributed by atoms with Gasteiger partial charge < -0.3 is 14.4 Å². The highest BCUT2D eigenvalue weighted by Gasteiger charge is 2.36. The topological polar surface area (TPSA) is 52.3 Å². The number of rotatable bonds is 2. The lowest BCUT2D eigenvalue weighted by molar-refractivity contribution is 0.199. The van der Waals surface area contributed by atoms with Crippen LogP contribution in [0.15, 0.2) is 30.5 Å². The van der Waals surface area contributed by atoms with Crippen molar-refractivity contribution < 1.29 is 4.79 Å². The first kappa shape index (κ1) is 12.5. The molecule has 20 heavy (non-hydrogen) atoms. The second-order valence-corrected chi connectivity index (χ2v) is 5.16. The second-order valence-electron chi connectivity index (χ2n) is 5.16. The fraction of sp³-hybridized carbons (Fsp3) is 0.333. The summed E-state index contributed by atoms with van der Waals surface area (Å²) in [6.07, 6.45) is 2.08. The summed E-state index contributed by atoms with van der Waals surface area (Å²) in [6, 6.07) is 10.1. The van der Waals surface area contributed by atoms with Gasteiger partial charge in [-0.15, -0.1) is 0 Å². The van der Waals surface area contributed by atoms with Crippen molar-refractivity contribution in [2.75, 3.05) is 20.1 Å². The molecule has 0 N–H and O–H groups in total. The molecular formula is C15H16N4O. The predicted molar refractivity (Wildman–Crippen MR) is 76.0 cm³/mol. The average molecular weight is 268 g/mol. The van der Waals surface area contributed by atoms with Crippen LogP contribution in [0.3, 0.4) is 0 Å². The van der Waals surface area contributed by atoms with E-state index in [2.05, 4.69) is 22.9 Å². The summed E-state index contributed by atoms with van der Waals surface area (Å²) in [5.74, 6) is 0. The number of aryl methyl sites for hydroxylation is 1. The number of benzene rings is 1. The number of nitriles is 1. The van der Waals surface area contributed by atoms with E-state index in [1.54, 1.807) is 16.8 Å². The molecule has 102 valence electrons. The number of hydrogen-bond acceptors (Lipinski definition) is 2. The molecule has 1 atom stereocenters. The van der Waals surface area contributed by atoms with E-state index >= 15 is 0 Å². The van der Waals surface area contributed by atoms with Gasteiger partial charge in [0.15, 0.2) is 0 Å². The van der Waals surface area contributed by atoms with Crippen molar-refractivity contribution in [1.82, 2.24) is 14.4 Å². The molecule has 0 saturated carbocycles. The Hall–Kier alpha value is -2.48. The van der Waals surface area contributed by atoms with Gasteiger partial charge in [-0.1, -0.05) is 18.2 Å². The van der Waals surface area contributed by atoms with Gasteiger partial charge in [-0.2, -0.15) is 5.26 Å². The van der Waals surface area contributed by atoms with E-state index in [1.165, 1.54) is 5.39 Å². The lowest BCUT2D eigenvalue weighted by atomic mass is 10.1. The first-order chi connectivity index (χ1) is 9.63. The highest BCUT2D eigenvalue weighted by Crippen LogP contribution is 2.33. The van der Waals surface area contributed by atoms with Crippen LogP contribution in [0.1, 0.15) is 11.6 Å². The van der Waals surface area contributed by atoms with E-state index in [9.17, 15) is 4.79 Å². The monoisotopic (exact) mass is 268 g/mol. The van der Waals surface area contributed by atoms with Gasteiger partial charge in [0.1, 0.15) is 6.54 Å². The molecule has 1 saturated heterocycles. The number of nitrogens with zero attached hydrogens (tertiary/aromatic N) is 4. The van der Waals surface area contributed by atoms with Crippen LogP contribution in [-0.4, -0.2) is 40.5 Å². The summed E-state index contributed by atoms with van der Waals surface area (Å²) in [5, 5.41) is 9.96. The fourth-order valence-electron chi connectivity index (χ4n) is 2.93. The van der Waals surface area contributed by atoms with Crippen molar-refractivity contribution in [3.63, 3.8) is 0 Å². The summed E-state index contributed by atoms with van der Waals surface area (Å²) in [7, 11) is 3.81. The van der Waals surface area contributed by atoms with Gasteiger partial charge in [-0.05, 0) is 6.07 Å². The van der Waals surface area contributed by atoms with E-state index in [4.69, 9.17) is 5.26 Å². The Morgan fingerprint density at radius 2 is 2.10 bits per heavy atom. The zero-order valence-corrected chi connectivity index (χ0v) is 11.6. The minimum Gasteiger partial charge on any atom is -0.350 e.